The van der Waals surface area contributed by atoms with Crippen LogP contribution in [0.2, 0.25) is 0 Å². The number of carbonyl (C=O) groups excluding carboxylic acids is 2. The molecule has 5 heteroatoms. The fourth-order valence-electron chi connectivity index (χ4n) is 3.74. The third-order valence-electron chi connectivity index (χ3n) is 5.28. The van der Waals surface area contributed by atoms with Crippen molar-refractivity contribution in [2.75, 3.05) is 45.8 Å². The lowest BCUT2D eigenvalue weighted by molar-refractivity contribution is -0.137. The van der Waals surface area contributed by atoms with Gasteiger partial charge in [-0.1, -0.05) is 26.7 Å². The van der Waals surface area contributed by atoms with E-state index >= 15 is 0 Å². The maximum atomic E-state index is 12.6. The van der Waals surface area contributed by atoms with Gasteiger partial charge in [-0.15, -0.1) is 0 Å². The summed E-state index contributed by atoms with van der Waals surface area (Å²) in [5, 5.41) is 0. The molecule has 0 radical (unpaired) electrons. The van der Waals surface area contributed by atoms with Crippen molar-refractivity contribution in [1.29, 1.82) is 0 Å². The fraction of sp³-hybridized carbons (Fsp3) is 0.889. The number of rotatable bonds is 7. The Balaban J connectivity index is 1.78. The molecule has 1 aliphatic carbocycles. The molecule has 0 aromatic carbocycles. The predicted molar refractivity (Wildman–Crippen MR) is 92.1 cm³/mol. The van der Waals surface area contributed by atoms with E-state index in [1.807, 2.05) is 9.80 Å². The summed E-state index contributed by atoms with van der Waals surface area (Å²) < 4.78 is 0. The van der Waals surface area contributed by atoms with Gasteiger partial charge in [-0.05, 0) is 25.8 Å². The fourth-order valence-corrected chi connectivity index (χ4v) is 3.74. The van der Waals surface area contributed by atoms with E-state index in [1.54, 1.807) is 0 Å². The van der Waals surface area contributed by atoms with Gasteiger partial charge >= 0.3 is 0 Å². The average Bonchev–Trinajstić information content (AvgIpc) is 3.12. The largest absolute Gasteiger partial charge is 0.342 e. The van der Waals surface area contributed by atoms with Gasteiger partial charge < -0.3 is 14.7 Å². The molecule has 2 aliphatic rings. The molecule has 2 rings (SSSR count). The normalized spacial score (nSPS) is 20.0. The highest BCUT2D eigenvalue weighted by Crippen LogP contribution is 2.26. The third-order valence-corrected chi connectivity index (χ3v) is 5.28. The molecule has 0 atom stereocenters. The molecule has 0 aromatic rings. The van der Waals surface area contributed by atoms with Gasteiger partial charge in [0, 0.05) is 51.6 Å². The van der Waals surface area contributed by atoms with Crippen LogP contribution in [-0.4, -0.2) is 72.3 Å². The Morgan fingerprint density at radius 3 is 2.22 bits per heavy atom. The van der Waals surface area contributed by atoms with Gasteiger partial charge in [0.05, 0.1) is 0 Å². The van der Waals surface area contributed by atoms with Crippen LogP contribution in [0.4, 0.5) is 0 Å². The van der Waals surface area contributed by atoms with E-state index in [0.29, 0.717) is 13.0 Å². The van der Waals surface area contributed by atoms with E-state index in [1.165, 1.54) is 12.8 Å². The van der Waals surface area contributed by atoms with Crippen molar-refractivity contribution in [2.45, 2.75) is 52.4 Å². The molecule has 0 aromatic heterocycles. The summed E-state index contributed by atoms with van der Waals surface area (Å²) >= 11 is 0. The van der Waals surface area contributed by atoms with Crippen LogP contribution in [0.1, 0.15) is 52.4 Å². The van der Waals surface area contributed by atoms with E-state index in [-0.39, 0.29) is 17.7 Å². The van der Waals surface area contributed by atoms with Gasteiger partial charge in [-0.25, -0.2) is 0 Å². The van der Waals surface area contributed by atoms with Gasteiger partial charge in [0.1, 0.15) is 0 Å². The SMILES string of the molecule is CCCN(CCC(=O)N1CCN(CC)CC1)C(=O)C1CCCC1. The Morgan fingerprint density at radius 1 is 1.00 bits per heavy atom. The number of hydrogen-bond donors (Lipinski definition) is 0. The molecule has 132 valence electrons. The number of piperazine rings is 1. The number of nitrogens with zero attached hydrogens (tertiary/aromatic N) is 3. The van der Waals surface area contributed by atoms with Crippen LogP contribution < -0.4 is 0 Å². The standard InChI is InChI=1S/C18H33N3O2/c1-3-10-21(18(23)16-7-5-6-8-16)11-9-17(22)20-14-12-19(4-2)13-15-20/h16H,3-15H2,1-2H3. The van der Waals surface area contributed by atoms with Crippen molar-refractivity contribution in [3.8, 4) is 0 Å². The monoisotopic (exact) mass is 323 g/mol. The Bertz CT molecular complexity index is 386. The van der Waals surface area contributed by atoms with Gasteiger partial charge in [-0.3, -0.25) is 9.59 Å². The minimum absolute atomic E-state index is 0.209. The lowest BCUT2D eigenvalue weighted by Crippen LogP contribution is -2.49. The molecule has 1 saturated carbocycles. The van der Waals surface area contributed by atoms with E-state index < -0.39 is 0 Å². The van der Waals surface area contributed by atoms with Crippen molar-refractivity contribution in [2.24, 2.45) is 5.92 Å². The molecule has 2 amide bonds. The van der Waals surface area contributed by atoms with E-state index in [0.717, 1.165) is 58.5 Å². The molecule has 2 fully saturated rings. The van der Waals surface area contributed by atoms with E-state index in [9.17, 15) is 9.59 Å². The van der Waals surface area contributed by atoms with Gasteiger partial charge in [0.25, 0.3) is 0 Å². The van der Waals surface area contributed by atoms with Crippen LogP contribution >= 0.6 is 0 Å². The maximum Gasteiger partial charge on any atom is 0.225 e. The van der Waals surface area contributed by atoms with Crippen LogP contribution in [0.3, 0.4) is 0 Å². The molecule has 1 aliphatic heterocycles. The first-order chi connectivity index (χ1) is 11.2. The minimum atomic E-state index is 0.209. The van der Waals surface area contributed by atoms with Crippen LogP contribution in [0.25, 0.3) is 0 Å². The number of amides is 2. The first-order valence-corrected chi connectivity index (χ1v) is 9.44. The first-order valence-electron chi connectivity index (χ1n) is 9.44. The summed E-state index contributed by atoms with van der Waals surface area (Å²) in [7, 11) is 0. The summed E-state index contributed by atoms with van der Waals surface area (Å²) in [6.45, 7) is 10.3. The predicted octanol–water partition coefficient (Wildman–Crippen LogP) is 1.97. The Morgan fingerprint density at radius 2 is 1.65 bits per heavy atom. The third kappa shape index (κ3) is 5.20. The van der Waals surface area contributed by atoms with Crippen LogP contribution in [0, 0.1) is 5.92 Å². The number of carbonyl (C=O) groups is 2. The summed E-state index contributed by atoms with van der Waals surface area (Å²) in [4.78, 5) is 31.3. The van der Waals surface area contributed by atoms with Crippen LogP contribution in [-0.2, 0) is 9.59 Å². The van der Waals surface area contributed by atoms with E-state index in [4.69, 9.17) is 0 Å². The Kier molecular flexibility index (Phi) is 7.34. The maximum absolute atomic E-state index is 12.6. The van der Waals surface area contributed by atoms with Crippen LogP contribution in [0.15, 0.2) is 0 Å². The first kappa shape index (κ1) is 18.2. The average molecular weight is 323 g/mol. The molecule has 1 saturated heterocycles. The second kappa shape index (κ2) is 9.26. The highest BCUT2D eigenvalue weighted by atomic mass is 16.2. The molecule has 0 spiro atoms. The molecular formula is C18H33N3O2. The smallest absolute Gasteiger partial charge is 0.225 e. The Hall–Kier alpha value is -1.10. The molecule has 0 unspecified atom stereocenters. The van der Waals surface area contributed by atoms with Crippen LogP contribution in [0.5, 0.6) is 0 Å². The van der Waals surface area contributed by atoms with Crippen molar-refractivity contribution >= 4 is 11.8 Å². The summed E-state index contributed by atoms with van der Waals surface area (Å²) in [5.41, 5.74) is 0. The molecule has 0 bridgehead atoms. The molecular weight excluding hydrogens is 290 g/mol. The van der Waals surface area contributed by atoms with Gasteiger partial charge in [0.15, 0.2) is 0 Å². The highest BCUT2D eigenvalue weighted by Gasteiger charge is 2.28. The second-order valence-corrected chi connectivity index (χ2v) is 6.87. The minimum Gasteiger partial charge on any atom is -0.342 e. The molecule has 23 heavy (non-hydrogen) atoms. The molecule has 5 nitrogen and oxygen atoms in total. The van der Waals surface area contributed by atoms with Crippen molar-refractivity contribution in [3.63, 3.8) is 0 Å². The lowest BCUT2D eigenvalue weighted by Gasteiger charge is -2.34. The second-order valence-electron chi connectivity index (χ2n) is 6.87. The molecule has 1 heterocycles. The molecule has 0 N–H and O–H groups in total. The summed E-state index contributed by atoms with van der Waals surface area (Å²) in [6, 6.07) is 0. The zero-order chi connectivity index (χ0) is 16.7. The van der Waals surface area contributed by atoms with Crippen molar-refractivity contribution in [3.05, 3.63) is 0 Å². The zero-order valence-corrected chi connectivity index (χ0v) is 14.9. The van der Waals surface area contributed by atoms with Crippen molar-refractivity contribution in [1.82, 2.24) is 14.7 Å². The Labute approximate surface area is 141 Å². The summed E-state index contributed by atoms with van der Waals surface area (Å²) in [5.74, 6) is 0.707. The topological polar surface area (TPSA) is 43.9 Å². The highest BCUT2D eigenvalue weighted by molar-refractivity contribution is 5.81. The summed E-state index contributed by atoms with van der Waals surface area (Å²) in [6.07, 6.45) is 5.86. The number of likely N-dealkylation sites (N-methyl/N-ethyl adjacent to an activating group) is 1. The zero-order valence-electron chi connectivity index (χ0n) is 14.9. The van der Waals surface area contributed by atoms with Crippen molar-refractivity contribution < 1.29 is 9.59 Å². The van der Waals surface area contributed by atoms with Gasteiger partial charge in [-0.2, -0.15) is 0 Å². The van der Waals surface area contributed by atoms with Gasteiger partial charge in [0.2, 0.25) is 11.8 Å². The number of hydrogen-bond acceptors (Lipinski definition) is 3. The lowest BCUT2D eigenvalue weighted by atomic mass is 10.1. The van der Waals surface area contributed by atoms with E-state index in [2.05, 4.69) is 18.7 Å². The quantitative estimate of drug-likeness (QED) is 0.719.